The zero-order valence-electron chi connectivity index (χ0n) is 43.8. The fraction of sp³-hybridized carbons (Fsp3) is 0.547. The lowest BCUT2D eigenvalue weighted by Gasteiger charge is -2.48. The summed E-state index contributed by atoms with van der Waals surface area (Å²) < 4.78 is 70.4. The summed E-state index contributed by atoms with van der Waals surface area (Å²) in [5, 5.41) is 171. The Balaban J connectivity index is 1.07. The maximum Gasteiger partial charge on any atom is 0.331 e. The Bertz CT molecular complexity index is 2920. The van der Waals surface area contributed by atoms with Crippen molar-refractivity contribution < 1.29 is 143 Å². The number of benzene rings is 3. The molecule has 5 aliphatic heterocycles. The number of phenols is 3. The molecule has 83 heavy (non-hydrogen) atoms. The number of aliphatic hydroxyl groups excluding tert-OH is 13. The van der Waals surface area contributed by atoms with Gasteiger partial charge in [0.2, 0.25) is 23.8 Å². The molecule has 4 aromatic rings. The van der Waals surface area contributed by atoms with Crippen LogP contribution in [0.5, 0.6) is 28.7 Å². The maximum absolute atomic E-state index is 14.9. The summed E-state index contributed by atoms with van der Waals surface area (Å²) in [6.07, 6.45) is -41.3. The summed E-state index contributed by atoms with van der Waals surface area (Å²) in [6, 6.07) is 12.6. The lowest BCUT2D eigenvalue weighted by Crippen LogP contribution is -2.66. The fourth-order valence-corrected chi connectivity index (χ4v) is 9.83. The van der Waals surface area contributed by atoms with Crippen molar-refractivity contribution in [2.75, 3.05) is 19.8 Å². The topological polar surface area (TPSA) is 472 Å². The van der Waals surface area contributed by atoms with Crippen molar-refractivity contribution in [1.82, 2.24) is 0 Å². The minimum absolute atomic E-state index is 0.0148. The maximum atomic E-state index is 14.9. The van der Waals surface area contributed by atoms with Crippen molar-refractivity contribution in [3.8, 4) is 40.1 Å². The summed E-state index contributed by atoms with van der Waals surface area (Å²) in [6.45, 7) is 0.405. The number of phenolic OH excluding ortho intramolecular Hbond substituents is 3. The average Bonchev–Trinajstić information content (AvgIpc) is 3.51. The number of carbonyl (C=O) groups is 1. The third-order valence-corrected chi connectivity index (χ3v) is 14.6. The lowest BCUT2D eigenvalue weighted by molar-refractivity contribution is -0.375. The summed E-state index contributed by atoms with van der Waals surface area (Å²) in [5.74, 6) is -3.81. The van der Waals surface area contributed by atoms with E-state index in [1.54, 1.807) is 0 Å². The van der Waals surface area contributed by atoms with Crippen molar-refractivity contribution >= 4 is 23.0 Å². The van der Waals surface area contributed by atoms with Crippen LogP contribution in [-0.2, 0) is 47.4 Å². The van der Waals surface area contributed by atoms with Crippen LogP contribution in [0.1, 0.15) is 19.4 Å². The number of ether oxygens (including phenoxy) is 11. The van der Waals surface area contributed by atoms with Crippen molar-refractivity contribution in [2.24, 2.45) is 0 Å². The van der Waals surface area contributed by atoms with Crippen molar-refractivity contribution in [1.29, 1.82) is 0 Å². The Hall–Kier alpha value is -5.76. The van der Waals surface area contributed by atoms with E-state index in [4.69, 9.17) is 56.5 Å². The van der Waals surface area contributed by atoms with E-state index in [1.807, 2.05) is 0 Å². The van der Waals surface area contributed by atoms with E-state index >= 15 is 0 Å². The minimum Gasteiger partial charge on any atom is -0.508 e. The number of rotatable bonds is 16. The molecular formula is C53H64O30. The Morgan fingerprint density at radius 1 is 0.590 bits per heavy atom. The van der Waals surface area contributed by atoms with Crippen LogP contribution < -0.4 is 14.9 Å². The van der Waals surface area contributed by atoms with Gasteiger partial charge in [0.15, 0.2) is 36.8 Å². The first-order valence-corrected chi connectivity index (χ1v) is 26.0. The molecule has 0 spiro atoms. The first-order valence-electron chi connectivity index (χ1n) is 26.0. The van der Waals surface area contributed by atoms with Crippen molar-refractivity contribution in [3.63, 3.8) is 0 Å². The summed E-state index contributed by atoms with van der Waals surface area (Å²) >= 11 is 0. The van der Waals surface area contributed by atoms with E-state index in [0.29, 0.717) is 5.56 Å². The van der Waals surface area contributed by atoms with Gasteiger partial charge >= 0.3 is 5.97 Å². The number of hydrogen-bond donors (Lipinski definition) is 16. The van der Waals surface area contributed by atoms with Crippen LogP contribution in [0.15, 0.2) is 76.0 Å². The van der Waals surface area contributed by atoms with Crippen molar-refractivity contribution in [2.45, 2.75) is 161 Å². The summed E-state index contributed by atoms with van der Waals surface area (Å²) in [4.78, 5) is 28.3. The van der Waals surface area contributed by atoms with E-state index in [1.165, 1.54) is 68.5 Å². The molecule has 16 N–H and O–H groups in total. The molecule has 5 fully saturated rings. The van der Waals surface area contributed by atoms with Gasteiger partial charge in [-0.15, -0.1) is 0 Å². The second-order valence-corrected chi connectivity index (χ2v) is 20.4. The molecule has 0 unspecified atom stereocenters. The van der Waals surface area contributed by atoms with Gasteiger partial charge in [-0.1, -0.05) is 12.1 Å². The highest BCUT2D eigenvalue weighted by Crippen LogP contribution is 2.40. The van der Waals surface area contributed by atoms with E-state index in [2.05, 4.69) is 0 Å². The Morgan fingerprint density at radius 2 is 1.19 bits per heavy atom. The largest absolute Gasteiger partial charge is 0.508 e. The fourth-order valence-electron chi connectivity index (χ4n) is 9.83. The number of carbonyl (C=O) groups excluding carboxylic acids is 1. The second-order valence-electron chi connectivity index (χ2n) is 20.4. The number of aliphatic hydroxyl groups is 13. The van der Waals surface area contributed by atoms with Gasteiger partial charge in [-0.05, 0) is 61.9 Å². The van der Waals surface area contributed by atoms with Gasteiger partial charge in [0.1, 0.15) is 126 Å². The number of fused-ring (bicyclic) bond motifs is 1. The van der Waals surface area contributed by atoms with Crippen LogP contribution in [0.2, 0.25) is 0 Å². The van der Waals surface area contributed by atoms with Gasteiger partial charge in [-0.25, -0.2) is 4.79 Å². The monoisotopic (exact) mass is 1180 g/mol. The van der Waals surface area contributed by atoms with Gasteiger partial charge in [-0.3, -0.25) is 4.79 Å². The molecule has 6 heterocycles. The standard InChI is InChI=1S/C53H64O30/c1-18-32(60)37(65)42(70)51(74-18)76-24-13-25(57)31-27(14-24)77-45(21-6-10-23(56)11-7-21)46(36(31)64)82-53-48(39(67)35(63)29(79-53)17-73-49-41(69)38(66)34(62)28(15-54)78-49)83-52-43(71)47(81-50-40(68)33(61)26(58)16-72-50)44(19(2)75-52)80-30(59)12-5-20-3-8-22(55)9-4-20/h3-14,18-19,26,28-29,32-35,37-44,47-58,60-63,65-71H,15-17H2,1-2H3/b12-5-/t18-,19-,26+,28+,29+,32-,33-,34+,35-,37+,38-,39-,40+,41+,42+,43+,44-,47-,48+,49+,50-,51-,52-,53-/m0/s1. The molecule has 9 rings (SSSR count). The van der Waals surface area contributed by atoms with Crippen LogP contribution >= 0.6 is 0 Å². The van der Waals surface area contributed by atoms with Crippen LogP contribution in [0.3, 0.4) is 0 Å². The smallest absolute Gasteiger partial charge is 0.331 e. The number of aromatic hydroxyl groups is 3. The first-order chi connectivity index (χ1) is 39.4. The first kappa shape index (κ1) is 61.8. The molecule has 30 nitrogen and oxygen atoms in total. The normalized spacial score (nSPS) is 38.7. The molecule has 24 atom stereocenters. The quantitative estimate of drug-likeness (QED) is 0.0371. The molecule has 0 saturated carbocycles. The third-order valence-electron chi connectivity index (χ3n) is 14.6. The minimum atomic E-state index is -2.26. The number of esters is 1. The van der Waals surface area contributed by atoms with Crippen molar-refractivity contribution in [3.05, 3.63) is 82.5 Å². The predicted octanol–water partition coefficient (Wildman–Crippen LogP) is -4.63. The highest BCUT2D eigenvalue weighted by molar-refractivity contribution is 5.88. The molecule has 1 aromatic heterocycles. The van der Waals surface area contributed by atoms with Crippen LogP contribution in [0, 0.1) is 0 Å². The third kappa shape index (κ3) is 13.1. The second kappa shape index (κ2) is 25.8. The van der Waals surface area contributed by atoms with E-state index < -0.39 is 207 Å². The number of hydrogen-bond acceptors (Lipinski definition) is 30. The summed E-state index contributed by atoms with van der Waals surface area (Å²) in [5.41, 5.74) is -1.17. The average molecular weight is 1180 g/mol. The van der Waals surface area contributed by atoms with Gasteiger partial charge in [-0.2, -0.15) is 0 Å². The van der Waals surface area contributed by atoms with E-state index in [0.717, 1.165) is 18.2 Å². The van der Waals surface area contributed by atoms with Crippen LogP contribution in [-0.4, -0.2) is 255 Å². The molecule has 0 radical (unpaired) electrons. The zero-order chi connectivity index (χ0) is 59.9. The Labute approximate surface area is 468 Å². The predicted molar refractivity (Wildman–Crippen MR) is 270 cm³/mol. The molecule has 456 valence electrons. The van der Waals surface area contributed by atoms with Crippen LogP contribution in [0.25, 0.3) is 28.4 Å². The van der Waals surface area contributed by atoms with Gasteiger partial charge in [0.05, 0.1) is 32.0 Å². The molecule has 5 aliphatic rings. The summed E-state index contributed by atoms with van der Waals surface area (Å²) in [7, 11) is 0. The highest BCUT2D eigenvalue weighted by Gasteiger charge is 2.55. The van der Waals surface area contributed by atoms with E-state index in [9.17, 15) is 91.3 Å². The molecule has 0 aliphatic carbocycles. The lowest BCUT2D eigenvalue weighted by atomic mass is 9.96. The Kier molecular flexibility index (Phi) is 19.2. The van der Waals surface area contributed by atoms with Gasteiger partial charge < -0.3 is 138 Å². The molecular weight excluding hydrogens is 1120 g/mol. The van der Waals surface area contributed by atoms with Gasteiger partial charge in [0.25, 0.3) is 0 Å². The zero-order valence-corrected chi connectivity index (χ0v) is 43.8. The molecule has 30 heteroatoms. The molecule has 5 saturated heterocycles. The van der Waals surface area contributed by atoms with E-state index in [-0.39, 0.29) is 22.8 Å². The Morgan fingerprint density at radius 3 is 1.88 bits per heavy atom. The SMILES string of the molecule is C[C@@H]1O[C@@H](Oc2cc(O)c3c(=O)c(O[C@@H]4O[C@H](CO[C@@H]5O[C@H](CO)[C@@H](O)[C@H](O)[C@H]5O)[C@H](O)[C@H](O)[C@H]4O[C@@H]4O[C@@H](C)[C@H](OC(=O)/C=C\c5ccc(O)cc5)[C@@H](O[C@@H]5OC[C@@H](O)[C@H](O)[C@H]5O)[C@H]4O)c(-c4ccc(O)cc4)oc3c2)[C@H](O)[C@H](O)[C@H]1O. The van der Waals surface area contributed by atoms with Gasteiger partial charge in [0, 0.05) is 23.8 Å². The highest BCUT2D eigenvalue weighted by atomic mass is 16.8. The molecule has 0 bridgehead atoms. The molecule has 3 aromatic carbocycles. The molecule has 0 amide bonds. The van der Waals surface area contributed by atoms with Crippen LogP contribution in [0.4, 0.5) is 0 Å².